The first kappa shape index (κ1) is 39.9. The zero-order valence-corrected chi connectivity index (χ0v) is 29.4. The highest BCUT2D eigenvalue weighted by Gasteiger charge is 2.34. The standard InChI is InChI=1S/C40H41F3N2O8/c1-3-4-5-6-7-22-52-32-19-14-30(15-20-32)39(50)53-33-17-8-27(9-18-33)25-45(26-36(46)47)38(49)29-12-10-28(11-13-29)37(48)44-24-31-16-21-34(51-2)23-35(31)40(41,42)43/h8-21,23H,3-7,22,24-26H2,1-2H3,(H,44,48)(H,46,47). The van der Waals surface area contributed by atoms with E-state index in [0.29, 0.717) is 23.5 Å². The predicted octanol–water partition coefficient (Wildman–Crippen LogP) is 7.94. The number of hydrogen-bond donors (Lipinski definition) is 2. The summed E-state index contributed by atoms with van der Waals surface area (Å²) in [4.78, 5) is 51.5. The zero-order valence-electron chi connectivity index (χ0n) is 29.4. The summed E-state index contributed by atoms with van der Waals surface area (Å²) in [6.45, 7) is 1.64. The SMILES string of the molecule is CCCCCCCOc1ccc(C(=O)Oc2ccc(CN(CC(=O)O)C(=O)c3ccc(C(=O)NCc4ccc(OC)cc4C(F)(F)F)cc3)cc2)cc1. The van der Waals surface area contributed by atoms with E-state index in [1.807, 2.05) is 0 Å². The van der Waals surface area contributed by atoms with Crippen molar-refractivity contribution in [2.24, 2.45) is 0 Å². The van der Waals surface area contributed by atoms with Crippen molar-refractivity contribution in [1.29, 1.82) is 0 Å². The summed E-state index contributed by atoms with van der Waals surface area (Å²) in [5.74, 6) is -2.20. The number of aliphatic carboxylic acids is 1. The third-order valence-electron chi connectivity index (χ3n) is 8.18. The number of methoxy groups -OCH3 is 1. The molecule has 0 unspecified atom stereocenters. The van der Waals surface area contributed by atoms with Crippen LogP contribution in [0.4, 0.5) is 13.2 Å². The Hall–Kier alpha value is -5.85. The number of amides is 2. The highest BCUT2D eigenvalue weighted by atomic mass is 19.4. The van der Waals surface area contributed by atoms with Gasteiger partial charge in [-0.05, 0) is 90.3 Å². The summed E-state index contributed by atoms with van der Waals surface area (Å²) in [5, 5.41) is 11.9. The average Bonchev–Trinajstić information content (AvgIpc) is 3.15. The first-order chi connectivity index (χ1) is 25.4. The van der Waals surface area contributed by atoms with Crippen LogP contribution in [0.15, 0.2) is 91.0 Å². The van der Waals surface area contributed by atoms with E-state index in [1.165, 1.54) is 74.9 Å². The molecule has 0 bridgehead atoms. The average molecular weight is 735 g/mol. The van der Waals surface area contributed by atoms with Gasteiger partial charge in [-0.25, -0.2) is 4.79 Å². The van der Waals surface area contributed by atoms with E-state index in [0.717, 1.165) is 23.8 Å². The topological polar surface area (TPSA) is 131 Å². The highest BCUT2D eigenvalue weighted by Crippen LogP contribution is 2.34. The van der Waals surface area contributed by atoms with Crippen molar-refractivity contribution in [1.82, 2.24) is 10.2 Å². The Bertz CT molecular complexity index is 1840. The number of ether oxygens (including phenoxy) is 3. The van der Waals surface area contributed by atoms with Crippen molar-refractivity contribution in [2.75, 3.05) is 20.3 Å². The van der Waals surface area contributed by atoms with E-state index >= 15 is 0 Å². The van der Waals surface area contributed by atoms with Crippen molar-refractivity contribution in [3.63, 3.8) is 0 Å². The van der Waals surface area contributed by atoms with Gasteiger partial charge in [0.15, 0.2) is 0 Å². The zero-order chi connectivity index (χ0) is 38.4. The summed E-state index contributed by atoms with van der Waals surface area (Å²) in [7, 11) is 1.25. The monoisotopic (exact) mass is 734 g/mol. The van der Waals surface area contributed by atoms with Gasteiger partial charge in [-0.3, -0.25) is 14.4 Å². The molecule has 280 valence electrons. The number of carboxylic acids is 1. The second-order valence-corrected chi connectivity index (χ2v) is 12.2. The van der Waals surface area contributed by atoms with Gasteiger partial charge >= 0.3 is 18.1 Å². The Labute approximate surface area is 305 Å². The van der Waals surface area contributed by atoms with Crippen molar-refractivity contribution in [2.45, 2.75) is 58.3 Å². The molecule has 2 N–H and O–H groups in total. The molecule has 0 aliphatic heterocycles. The molecule has 0 aliphatic carbocycles. The molecular formula is C40H41F3N2O8. The summed E-state index contributed by atoms with van der Waals surface area (Å²) in [6.07, 6.45) is 0.977. The van der Waals surface area contributed by atoms with E-state index in [2.05, 4.69) is 12.2 Å². The van der Waals surface area contributed by atoms with Crippen molar-refractivity contribution in [3.8, 4) is 17.2 Å². The van der Waals surface area contributed by atoms with E-state index in [4.69, 9.17) is 14.2 Å². The number of nitrogens with zero attached hydrogens (tertiary/aromatic N) is 1. The summed E-state index contributed by atoms with van der Waals surface area (Å²) in [6, 6.07) is 21.6. The lowest BCUT2D eigenvalue weighted by molar-refractivity contribution is -0.139. The molecule has 0 radical (unpaired) electrons. The normalized spacial score (nSPS) is 11.0. The van der Waals surface area contributed by atoms with Crippen molar-refractivity contribution < 1.29 is 51.7 Å². The van der Waals surface area contributed by atoms with Crippen LogP contribution in [-0.4, -0.2) is 54.0 Å². The van der Waals surface area contributed by atoms with Gasteiger partial charge in [0.25, 0.3) is 11.8 Å². The summed E-state index contributed by atoms with van der Waals surface area (Å²) in [5.41, 5.74) is -0.0414. The van der Waals surface area contributed by atoms with Crippen molar-refractivity contribution >= 4 is 23.8 Å². The molecule has 4 aromatic carbocycles. The minimum atomic E-state index is -4.66. The summed E-state index contributed by atoms with van der Waals surface area (Å²) >= 11 is 0. The number of alkyl halides is 3. The van der Waals surface area contributed by atoms with Crippen LogP contribution in [0, 0.1) is 0 Å². The first-order valence-electron chi connectivity index (χ1n) is 17.0. The van der Waals surface area contributed by atoms with Crippen LogP contribution in [-0.2, 0) is 24.1 Å². The molecule has 0 heterocycles. The molecule has 0 saturated heterocycles. The molecule has 0 aliphatic rings. The molecule has 0 atom stereocenters. The number of hydrogen-bond acceptors (Lipinski definition) is 7. The maximum atomic E-state index is 13.5. The fourth-order valence-corrected chi connectivity index (χ4v) is 5.32. The van der Waals surface area contributed by atoms with Gasteiger partial charge in [0.2, 0.25) is 0 Å². The largest absolute Gasteiger partial charge is 0.497 e. The maximum absolute atomic E-state index is 13.5. The first-order valence-corrected chi connectivity index (χ1v) is 17.0. The molecule has 0 fully saturated rings. The van der Waals surface area contributed by atoms with Gasteiger partial charge in [0.05, 0.1) is 24.8 Å². The Morgan fingerprint density at radius 1 is 0.755 bits per heavy atom. The maximum Gasteiger partial charge on any atom is 0.416 e. The van der Waals surface area contributed by atoms with Crippen LogP contribution < -0.4 is 19.5 Å². The van der Waals surface area contributed by atoms with E-state index in [9.17, 15) is 37.5 Å². The van der Waals surface area contributed by atoms with Gasteiger partial charge in [-0.15, -0.1) is 0 Å². The van der Waals surface area contributed by atoms with Crippen molar-refractivity contribution in [3.05, 3.63) is 124 Å². The number of halogens is 3. The number of nitrogens with one attached hydrogen (secondary N) is 1. The fraction of sp³-hybridized carbons (Fsp3) is 0.300. The van der Waals surface area contributed by atoms with E-state index in [-0.39, 0.29) is 34.7 Å². The quantitative estimate of drug-likeness (QED) is 0.0599. The third kappa shape index (κ3) is 12.1. The lowest BCUT2D eigenvalue weighted by Crippen LogP contribution is -2.35. The van der Waals surface area contributed by atoms with Gasteiger partial charge in [0.1, 0.15) is 23.8 Å². The van der Waals surface area contributed by atoms with E-state index in [1.54, 1.807) is 36.4 Å². The van der Waals surface area contributed by atoms with Gasteiger partial charge in [0, 0.05) is 24.2 Å². The minimum absolute atomic E-state index is 0.0226. The summed E-state index contributed by atoms with van der Waals surface area (Å²) < 4.78 is 56.7. The van der Waals surface area contributed by atoms with E-state index < -0.39 is 48.6 Å². The van der Waals surface area contributed by atoms with Crippen LogP contribution in [0.5, 0.6) is 17.2 Å². The van der Waals surface area contributed by atoms with Crippen LogP contribution >= 0.6 is 0 Å². The van der Waals surface area contributed by atoms with Crippen LogP contribution in [0.2, 0.25) is 0 Å². The Balaban J connectivity index is 1.32. The molecule has 53 heavy (non-hydrogen) atoms. The number of carbonyl (C=O) groups is 4. The lowest BCUT2D eigenvalue weighted by atomic mass is 10.1. The Morgan fingerprint density at radius 3 is 1.98 bits per heavy atom. The lowest BCUT2D eigenvalue weighted by Gasteiger charge is -2.21. The molecule has 10 nitrogen and oxygen atoms in total. The Kier molecular flexibility index (Phi) is 14.4. The minimum Gasteiger partial charge on any atom is -0.497 e. The van der Waals surface area contributed by atoms with Crippen LogP contribution in [0.3, 0.4) is 0 Å². The number of rotatable bonds is 18. The molecule has 4 rings (SSSR count). The van der Waals surface area contributed by atoms with Gasteiger partial charge < -0.3 is 29.5 Å². The number of carboxylic acid groups (broad SMARTS) is 1. The number of esters is 1. The number of unbranched alkanes of at least 4 members (excludes halogenated alkanes) is 4. The molecule has 13 heteroatoms. The number of carbonyl (C=O) groups excluding carboxylic acids is 3. The van der Waals surface area contributed by atoms with Crippen LogP contribution in [0.1, 0.15) is 86.8 Å². The molecule has 0 spiro atoms. The van der Waals surface area contributed by atoms with Gasteiger partial charge in [-0.1, -0.05) is 50.8 Å². The molecule has 0 aromatic heterocycles. The third-order valence-corrected chi connectivity index (χ3v) is 8.18. The molecule has 0 saturated carbocycles. The second-order valence-electron chi connectivity index (χ2n) is 12.2. The predicted molar refractivity (Wildman–Crippen MR) is 190 cm³/mol. The highest BCUT2D eigenvalue weighted by molar-refractivity contribution is 5.98. The van der Waals surface area contributed by atoms with Crippen LogP contribution in [0.25, 0.3) is 0 Å². The molecule has 2 amide bonds. The second kappa shape index (κ2) is 19.1. The Morgan fingerprint density at radius 2 is 1.36 bits per heavy atom. The van der Waals surface area contributed by atoms with Gasteiger partial charge in [-0.2, -0.15) is 13.2 Å². The molecule has 4 aromatic rings. The fourth-order valence-electron chi connectivity index (χ4n) is 5.32. The molecular weight excluding hydrogens is 693 g/mol. The number of benzene rings is 4. The smallest absolute Gasteiger partial charge is 0.416 e.